The maximum absolute atomic E-state index is 6.14. The van der Waals surface area contributed by atoms with E-state index in [4.69, 9.17) is 21.1 Å². The van der Waals surface area contributed by atoms with Crippen LogP contribution in [-0.2, 0) is 0 Å². The van der Waals surface area contributed by atoms with Crippen LogP contribution in [-0.4, -0.2) is 18.1 Å². The molecule has 2 aromatic rings. The summed E-state index contributed by atoms with van der Waals surface area (Å²) >= 11 is 6.14. The van der Waals surface area contributed by atoms with Crippen molar-refractivity contribution in [1.82, 2.24) is 0 Å². The van der Waals surface area contributed by atoms with Gasteiger partial charge in [0.15, 0.2) is 0 Å². The van der Waals surface area contributed by atoms with Crippen molar-refractivity contribution in [2.75, 3.05) is 6.61 Å². The van der Waals surface area contributed by atoms with E-state index in [0.29, 0.717) is 5.38 Å². The predicted molar refractivity (Wildman–Crippen MR) is 104 cm³/mol. The Balaban J connectivity index is 1.98. The first-order valence-corrected chi connectivity index (χ1v) is 9.41. The molecule has 0 spiro atoms. The van der Waals surface area contributed by atoms with E-state index in [-0.39, 0.29) is 6.10 Å². The molecule has 0 fully saturated rings. The van der Waals surface area contributed by atoms with Gasteiger partial charge in [0.1, 0.15) is 11.5 Å². The number of hydrogen-bond acceptors (Lipinski definition) is 2. The van der Waals surface area contributed by atoms with Crippen molar-refractivity contribution in [1.29, 1.82) is 0 Å². The molecule has 0 radical (unpaired) electrons. The Morgan fingerprint density at radius 2 is 1.88 bits per heavy atom. The third kappa shape index (κ3) is 5.31. The minimum Gasteiger partial charge on any atom is -0.493 e. The van der Waals surface area contributed by atoms with E-state index in [0.717, 1.165) is 43.8 Å². The van der Waals surface area contributed by atoms with Crippen LogP contribution in [0.2, 0.25) is 0 Å². The minimum absolute atomic E-state index is 0.187. The van der Waals surface area contributed by atoms with Crippen molar-refractivity contribution in [3.63, 3.8) is 0 Å². The van der Waals surface area contributed by atoms with Gasteiger partial charge in [-0.25, -0.2) is 0 Å². The van der Waals surface area contributed by atoms with Crippen LogP contribution in [0.3, 0.4) is 0 Å². The molecule has 2 aromatic carbocycles. The molecule has 0 amide bonds. The molecule has 0 aliphatic heterocycles. The zero-order valence-corrected chi connectivity index (χ0v) is 16.0. The lowest BCUT2D eigenvalue weighted by atomic mass is 10.0. The van der Waals surface area contributed by atoms with E-state index < -0.39 is 0 Å². The number of ether oxygens (including phenoxy) is 2. The van der Waals surface area contributed by atoms with Crippen LogP contribution in [0, 0.1) is 6.92 Å². The first-order valence-electron chi connectivity index (χ1n) is 8.98. The van der Waals surface area contributed by atoms with E-state index in [1.54, 1.807) is 0 Å². The van der Waals surface area contributed by atoms with Gasteiger partial charge in [0, 0.05) is 5.38 Å². The molecule has 132 valence electrons. The molecule has 2 rings (SSSR count). The first kappa shape index (κ1) is 18.9. The predicted octanol–water partition coefficient (Wildman–Crippen LogP) is 6.50. The maximum Gasteiger partial charge on any atom is 0.122 e. The number of fused-ring (bicyclic) bond motifs is 1. The maximum atomic E-state index is 6.14. The number of rotatable bonds is 9. The second-order valence-electron chi connectivity index (χ2n) is 6.59. The van der Waals surface area contributed by atoms with Crippen molar-refractivity contribution in [2.45, 2.75) is 64.9 Å². The monoisotopic (exact) mass is 348 g/mol. The second kappa shape index (κ2) is 9.17. The number of hydrogen-bond donors (Lipinski definition) is 0. The van der Waals surface area contributed by atoms with Gasteiger partial charge in [-0.15, -0.1) is 11.6 Å². The highest BCUT2D eigenvalue weighted by Crippen LogP contribution is 2.30. The van der Waals surface area contributed by atoms with Gasteiger partial charge in [0.25, 0.3) is 0 Å². The molecule has 24 heavy (non-hydrogen) atoms. The van der Waals surface area contributed by atoms with Crippen molar-refractivity contribution < 1.29 is 9.47 Å². The number of aryl methyl sites for hydroxylation is 1. The van der Waals surface area contributed by atoms with Gasteiger partial charge in [-0.2, -0.15) is 0 Å². The molecular weight excluding hydrogens is 320 g/mol. The fraction of sp³-hybridized carbons (Fsp3) is 0.524. The molecule has 0 aromatic heterocycles. The van der Waals surface area contributed by atoms with E-state index in [1.165, 1.54) is 16.3 Å². The molecule has 2 nitrogen and oxygen atoms in total. The van der Waals surface area contributed by atoms with E-state index in [2.05, 4.69) is 38.1 Å². The largest absolute Gasteiger partial charge is 0.493 e. The van der Waals surface area contributed by atoms with Gasteiger partial charge in [-0.1, -0.05) is 19.1 Å². The Hall–Kier alpha value is -1.41. The van der Waals surface area contributed by atoms with Crippen LogP contribution in [0.4, 0.5) is 0 Å². The van der Waals surface area contributed by atoms with Crippen molar-refractivity contribution in [2.24, 2.45) is 0 Å². The third-order valence-electron chi connectivity index (χ3n) is 4.19. The molecule has 0 heterocycles. The topological polar surface area (TPSA) is 18.5 Å². The van der Waals surface area contributed by atoms with E-state index >= 15 is 0 Å². The van der Waals surface area contributed by atoms with Crippen LogP contribution in [0.1, 0.15) is 52.0 Å². The van der Waals surface area contributed by atoms with Gasteiger partial charge in [-0.3, -0.25) is 0 Å². The van der Waals surface area contributed by atoms with Gasteiger partial charge in [0.05, 0.1) is 12.7 Å². The first-order chi connectivity index (χ1) is 11.5. The number of unbranched alkanes of at least 4 members (excludes halogenated alkanes) is 1. The van der Waals surface area contributed by atoms with Crippen LogP contribution >= 0.6 is 11.6 Å². The molecule has 0 bridgehead atoms. The lowest BCUT2D eigenvalue weighted by Gasteiger charge is -2.14. The Morgan fingerprint density at radius 3 is 2.58 bits per heavy atom. The summed E-state index contributed by atoms with van der Waals surface area (Å²) < 4.78 is 11.8. The Bertz CT molecular complexity index is 652. The van der Waals surface area contributed by atoms with Gasteiger partial charge in [-0.05, 0) is 81.0 Å². The Labute approximate surface area is 151 Å². The van der Waals surface area contributed by atoms with Crippen LogP contribution in [0.5, 0.6) is 11.5 Å². The summed E-state index contributed by atoms with van der Waals surface area (Å²) in [7, 11) is 0. The summed E-state index contributed by atoms with van der Waals surface area (Å²) in [4.78, 5) is 0. The minimum atomic E-state index is 0.187. The number of alkyl halides is 1. The van der Waals surface area contributed by atoms with Crippen LogP contribution < -0.4 is 9.47 Å². The van der Waals surface area contributed by atoms with Gasteiger partial charge >= 0.3 is 0 Å². The molecule has 0 N–H and O–H groups in total. The van der Waals surface area contributed by atoms with Gasteiger partial charge in [0.2, 0.25) is 0 Å². The zero-order chi connectivity index (χ0) is 17.5. The zero-order valence-electron chi connectivity index (χ0n) is 15.3. The molecule has 0 aliphatic rings. The highest BCUT2D eigenvalue weighted by atomic mass is 35.5. The van der Waals surface area contributed by atoms with Crippen LogP contribution in [0.15, 0.2) is 30.3 Å². The Kier molecular flexibility index (Phi) is 7.23. The summed E-state index contributed by atoms with van der Waals surface area (Å²) in [6.07, 6.45) is 4.45. The average molecular weight is 349 g/mol. The lowest BCUT2D eigenvalue weighted by Crippen LogP contribution is -2.05. The quantitative estimate of drug-likeness (QED) is 0.380. The fourth-order valence-corrected chi connectivity index (χ4v) is 2.95. The molecule has 0 saturated heterocycles. The molecule has 1 unspecified atom stereocenters. The molecule has 0 saturated carbocycles. The summed E-state index contributed by atoms with van der Waals surface area (Å²) in [5.74, 6) is 1.88. The summed E-state index contributed by atoms with van der Waals surface area (Å²) in [6, 6.07) is 10.4. The summed E-state index contributed by atoms with van der Waals surface area (Å²) in [5, 5.41) is 2.70. The molecule has 0 aliphatic carbocycles. The van der Waals surface area contributed by atoms with Crippen LogP contribution in [0.25, 0.3) is 10.8 Å². The summed E-state index contributed by atoms with van der Waals surface area (Å²) in [6.45, 7) is 9.07. The van der Waals surface area contributed by atoms with Gasteiger partial charge < -0.3 is 9.47 Å². The Morgan fingerprint density at radius 1 is 1.08 bits per heavy atom. The smallest absolute Gasteiger partial charge is 0.122 e. The molecule has 1 atom stereocenters. The highest BCUT2D eigenvalue weighted by molar-refractivity contribution is 6.20. The molecule has 3 heteroatoms. The summed E-state index contributed by atoms with van der Waals surface area (Å²) in [5.41, 5.74) is 1.19. The standard InChI is InChI=1S/C21H29ClO2/c1-5-18(22)8-6-7-13-23-21-12-9-17-14-19(24-15(2)3)10-11-20(17)16(21)4/h9-12,14-15,18H,5-8,13H2,1-4H3. The normalized spacial score (nSPS) is 12.6. The number of halogens is 1. The van der Waals surface area contributed by atoms with E-state index in [1.807, 2.05) is 19.9 Å². The van der Waals surface area contributed by atoms with Crippen molar-refractivity contribution in [3.05, 3.63) is 35.9 Å². The third-order valence-corrected chi connectivity index (χ3v) is 4.72. The average Bonchev–Trinajstić information content (AvgIpc) is 2.55. The van der Waals surface area contributed by atoms with Crippen molar-refractivity contribution >= 4 is 22.4 Å². The fourth-order valence-electron chi connectivity index (χ4n) is 2.80. The lowest BCUT2D eigenvalue weighted by molar-refractivity contribution is 0.243. The highest BCUT2D eigenvalue weighted by Gasteiger charge is 2.07. The van der Waals surface area contributed by atoms with E-state index in [9.17, 15) is 0 Å². The molecular formula is C21H29ClO2. The SMILES string of the molecule is CCC(Cl)CCCCOc1ccc2cc(OC(C)C)ccc2c1C. The number of benzene rings is 2. The van der Waals surface area contributed by atoms with Crippen molar-refractivity contribution in [3.8, 4) is 11.5 Å². The second-order valence-corrected chi connectivity index (χ2v) is 7.21.